The molecule has 0 saturated carbocycles. The number of carbonyl (C=O) groups is 1. The third kappa shape index (κ3) is 3.97. The summed E-state index contributed by atoms with van der Waals surface area (Å²) < 4.78 is 10.5. The first kappa shape index (κ1) is 17.4. The van der Waals surface area contributed by atoms with Crippen LogP contribution in [0.3, 0.4) is 0 Å². The lowest BCUT2D eigenvalue weighted by Gasteiger charge is -2.07. The zero-order valence-electron chi connectivity index (χ0n) is 13.6. The van der Waals surface area contributed by atoms with E-state index < -0.39 is 0 Å². The molecular formula is C18H15ClN2O3S. The lowest BCUT2D eigenvalue weighted by molar-refractivity contribution is -0.115. The van der Waals surface area contributed by atoms with Gasteiger partial charge in [-0.3, -0.25) is 4.79 Å². The average molecular weight is 375 g/mol. The minimum absolute atomic E-state index is 0.212. The second kappa shape index (κ2) is 7.63. The highest BCUT2D eigenvalue weighted by Gasteiger charge is 2.24. The van der Waals surface area contributed by atoms with Gasteiger partial charge in [0.25, 0.3) is 5.91 Å². The van der Waals surface area contributed by atoms with E-state index in [4.69, 9.17) is 21.1 Å². The van der Waals surface area contributed by atoms with Gasteiger partial charge in [-0.1, -0.05) is 29.8 Å². The molecule has 0 unspecified atom stereocenters. The first-order chi connectivity index (χ1) is 12.1. The molecular weight excluding hydrogens is 360 g/mol. The highest BCUT2D eigenvalue weighted by molar-refractivity contribution is 8.18. The molecule has 0 aliphatic carbocycles. The largest absolute Gasteiger partial charge is 0.497 e. The van der Waals surface area contributed by atoms with Crippen LogP contribution in [0, 0.1) is 0 Å². The molecule has 7 heteroatoms. The number of rotatable bonds is 4. The first-order valence-electron chi connectivity index (χ1n) is 7.37. The molecule has 2 aromatic rings. The van der Waals surface area contributed by atoms with Gasteiger partial charge in [0.2, 0.25) is 0 Å². The summed E-state index contributed by atoms with van der Waals surface area (Å²) in [5.74, 6) is 1.02. The van der Waals surface area contributed by atoms with Crippen LogP contribution in [-0.2, 0) is 4.79 Å². The van der Waals surface area contributed by atoms with Crippen molar-refractivity contribution in [3.63, 3.8) is 0 Å². The highest BCUT2D eigenvalue weighted by Crippen LogP contribution is 2.34. The molecule has 1 aliphatic rings. The number of aliphatic imine (C=N–C) groups is 1. The van der Waals surface area contributed by atoms with Crippen molar-refractivity contribution in [3.05, 3.63) is 58.0 Å². The van der Waals surface area contributed by atoms with Crippen LogP contribution in [0.5, 0.6) is 11.5 Å². The van der Waals surface area contributed by atoms with Gasteiger partial charge in [-0.15, -0.1) is 0 Å². The number of nitrogens with one attached hydrogen (secondary N) is 1. The van der Waals surface area contributed by atoms with E-state index in [0.717, 1.165) is 5.56 Å². The number of methoxy groups -OCH3 is 2. The maximum absolute atomic E-state index is 12.2. The number of halogens is 1. The molecule has 1 aliphatic heterocycles. The Labute approximate surface area is 154 Å². The monoisotopic (exact) mass is 374 g/mol. The Kier molecular flexibility index (Phi) is 5.31. The molecule has 0 spiro atoms. The predicted molar refractivity (Wildman–Crippen MR) is 102 cm³/mol. The number of amides is 1. The molecule has 25 heavy (non-hydrogen) atoms. The summed E-state index contributed by atoms with van der Waals surface area (Å²) >= 11 is 7.39. The molecule has 0 bridgehead atoms. The van der Waals surface area contributed by atoms with Crippen molar-refractivity contribution in [2.45, 2.75) is 0 Å². The maximum atomic E-state index is 12.2. The fraction of sp³-hybridized carbons (Fsp3) is 0.111. The van der Waals surface area contributed by atoms with Crippen LogP contribution in [0.15, 0.2) is 52.4 Å². The Morgan fingerprint density at radius 1 is 1.16 bits per heavy atom. The fourth-order valence-corrected chi connectivity index (χ4v) is 3.22. The summed E-state index contributed by atoms with van der Waals surface area (Å²) in [5, 5.41) is 3.81. The molecule has 0 atom stereocenters. The Balaban J connectivity index is 1.88. The van der Waals surface area contributed by atoms with E-state index in [1.54, 1.807) is 44.6 Å². The summed E-state index contributed by atoms with van der Waals surface area (Å²) in [4.78, 5) is 17.2. The van der Waals surface area contributed by atoms with E-state index in [2.05, 4.69) is 10.3 Å². The summed E-state index contributed by atoms with van der Waals surface area (Å²) in [6.07, 6.45) is 1.75. The number of hydrogen-bond acceptors (Lipinski definition) is 5. The Hall–Kier alpha value is -2.44. The third-order valence-electron chi connectivity index (χ3n) is 3.45. The lowest BCUT2D eigenvalue weighted by atomic mass is 10.2. The number of benzene rings is 2. The number of hydrogen-bond donors (Lipinski definition) is 1. The fourth-order valence-electron chi connectivity index (χ4n) is 2.20. The van der Waals surface area contributed by atoms with Gasteiger partial charge in [0.15, 0.2) is 5.17 Å². The Bertz CT molecular complexity index is 880. The zero-order valence-corrected chi connectivity index (χ0v) is 15.1. The Morgan fingerprint density at radius 3 is 2.68 bits per heavy atom. The van der Waals surface area contributed by atoms with Gasteiger partial charge >= 0.3 is 0 Å². The molecule has 1 saturated heterocycles. The smallest absolute Gasteiger partial charge is 0.264 e. The van der Waals surface area contributed by atoms with Gasteiger partial charge in [0.1, 0.15) is 17.2 Å². The average Bonchev–Trinajstić information content (AvgIpc) is 2.96. The van der Waals surface area contributed by atoms with Gasteiger partial charge in [0.05, 0.1) is 19.1 Å². The van der Waals surface area contributed by atoms with Crippen molar-refractivity contribution in [2.75, 3.05) is 14.2 Å². The van der Waals surface area contributed by atoms with Gasteiger partial charge in [0, 0.05) is 11.1 Å². The topological polar surface area (TPSA) is 59.9 Å². The molecule has 1 heterocycles. The van der Waals surface area contributed by atoms with Gasteiger partial charge in [-0.25, -0.2) is 4.99 Å². The van der Waals surface area contributed by atoms with Crippen LogP contribution in [0.25, 0.3) is 6.08 Å². The van der Waals surface area contributed by atoms with E-state index in [0.29, 0.717) is 32.3 Å². The number of carbonyl (C=O) groups excluding carboxylic acids is 1. The summed E-state index contributed by atoms with van der Waals surface area (Å²) in [6, 6.07) is 12.6. The minimum atomic E-state index is -0.212. The maximum Gasteiger partial charge on any atom is 0.264 e. The normalized spacial score (nSPS) is 17.0. The molecule has 3 rings (SSSR count). The van der Waals surface area contributed by atoms with E-state index in [1.165, 1.54) is 11.8 Å². The molecule has 2 aromatic carbocycles. The summed E-state index contributed by atoms with van der Waals surface area (Å²) in [6.45, 7) is 0. The second-order valence-corrected chi connectivity index (χ2v) is 6.48. The minimum Gasteiger partial charge on any atom is -0.497 e. The van der Waals surface area contributed by atoms with Crippen molar-refractivity contribution < 1.29 is 14.3 Å². The van der Waals surface area contributed by atoms with Crippen molar-refractivity contribution >= 4 is 46.2 Å². The van der Waals surface area contributed by atoms with Crippen molar-refractivity contribution in [3.8, 4) is 11.5 Å². The van der Waals surface area contributed by atoms with Crippen LogP contribution in [0.1, 0.15) is 5.56 Å². The standard InChI is InChI=1S/C18H15ClN2O3S/c1-23-12-7-8-14(15(10-12)24-2)20-18-21-17(22)16(25-18)9-11-5-3-4-6-13(11)19/h3-10H,1-2H3,(H,20,21,22). The van der Waals surface area contributed by atoms with Crippen LogP contribution >= 0.6 is 23.4 Å². The number of ether oxygens (including phenoxy) is 2. The zero-order chi connectivity index (χ0) is 17.8. The van der Waals surface area contributed by atoms with Crippen LogP contribution in [0.4, 0.5) is 5.69 Å². The third-order valence-corrected chi connectivity index (χ3v) is 4.71. The number of nitrogens with zero attached hydrogens (tertiary/aromatic N) is 1. The SMILES string of the molecule is COc1ccc(N=C2NC(=O)C(=Cc3ccccc3Cl)S2)c(OC)c1. The molecule has 1 fully saturated rings. The van der Waals surface area contributed by atoms with Crippen molar-refractivity contribution in [1.82, 2.24) is 5.32 Å². The van der Waals surface area contributed by atoms with Crippen molar-refractivity contribution in [1.29, 1.82) is 0 Å². The first-order valence-corrected chi connectivity index (χ1v) is 8.56. The number of amidine groups is 1. The molecule has 5 nitrogen and oxygen atoms in total. The Morgan fingerprint density at radius 2 is 1.96 bits per heavy atom. The summed E-state index contributed by atoms with van der Waals surface area (Å²) in [5.41, 5.74) is 1.38. The van der Waals surface area contributed by atoms with Crippen LogP contribution in [-0.4, -0.2) is 25.3 Å². The predicted octanol–water partition coefficient (Wildman–Crippen LogP) is 4.25. The van der Waals surface area contributed by atoms with Crippen molar-refractivity contribution in [2.24, 2.45) is 4.99 Å². The van der Waals surface area contributed by atoms with Gasteiger partial charge in [-0.05, 0) is 41.6 Å². The van der Waals surface area contributed by atoms with Gasteiger partial charge in [-0.2, -0.15) is 0 Å². The molecule has 0 aromatic heterocycles. The molecule has 128 valence electrons. The van der Waals surface area contributed by atoms with Crippen LogP contribution < -0.4 is 14.8 Å². The van der Waals surface area contributed by atoms with E-state index in [-0.39, 0.29) is 5.91 Å². The highest BCUT2D eigenvalue weighted by atomic mass is 35.5. The van der Waals surface area contributed by atoms with E-state index >= 15 is 0 Å². The van der Waals surface area contributed by atoms with Crippen LogP contribution in [0.2, 0.25) is 5.02 Å². The van der Waals surface area contributed by atoms with Gasteiger partial charge < -0.3 is 14.8 Å². The van der Waals surface area contributed by atoms with E-state index in [9.17, 15) is 4.79 Å². The number of thioether (sulfide) groups is 1. The quantitative estimate of drug-likeness (QED) is 0.813. The lowest BCUT2D eigenvalue weighted by Crippen LogP contribution is -2.19. The summed E-state index contributed by atoms with van der Waals surface area (Å²) in [7, 11) is 3.14. The molecule has 0 radical (unpaired) electrons. The molecule has 1 amide bonds. The second-order valence-electron chi connectivity index (χ2n) is 5.04. The van der Waals surface area contributed by atoms with E-state index in [1.807, 2.05) is 18.2 Å². The molecule has 1 N–H and O–H groups in total.